The van der Waals surface area contributed by atoms with Crippen LogP contribution in [-0.4, -0.2) is 80.6 Å². The van der Waals surface area contributed by atoms with Gasteiger partial charge in [-0.3, -0.25) is 19.2 Å². The highest BCUT2D eigenvalue weighted by atomic mass is 32.2. The van der Waals surface area contributed by atoms with E-state index in [-0.39, 0.29) is 18.6 Å². The van der Waals surface area contributed by atoms with Gasteiger partial charge in [0.1, 0.15) is 24.4 Å². The smallest absolute Gasteiger partial charge is 0.322 e. The Morgan fingerprint density at radius 2 is 1.71 bits per heavy atom. The van der Waals surface area contributed by atoms with E-state index < -0.39 is 48.4 Å². The third kappa shape index (κ3) is 9.66. The zero-order chi connectivity index (χ0) is 25.8. The number of H-pyrrole nitrogens is 1. The maximum absolute atomic E-state index is 13.2. The van der Waals surface area contributed by atoms with Gasteiger partial charge in [-0.2, -0.15) is 11.8 Å². The van der Waals surface area contributed by atoms with E-state index >= 15 is 0 Å². The SMILES string of the molecule is CSCCC(N)C(=O)NC(Cc1ccc(O)cc1)C(=O)NC(Cc1cnc[nH]1)C(=O)NCC(=O)O. The van der Waals surface area contributed by atoms with Crippen molar-refractivity contribution >= 4 is 35.5 Å². The standard InChI is InChI=1S/C22H30N6O6S/c1-35-7-6-16(23)20(32)27-17(8-13-2-4-15(29)5-3-13)22(34)28-18(9-14-10-24-12-26-14)21(33)25-11-19(30)31/h2-5,10,12,16-18,29H,6-9,11,23H2,1H3,(H,24,26)(H,25,33)(H,27,32)(H,28,34)(H,30,31). The van der Waals surface area contributed by atoms with Crippen LogP contribution < -0.4 is 21.7 Å². The van der Waals surface area contributed by atoms with Crippen molar-refractivity contribution in [1.29, 1.82) is 0 Å². The molecule has 0 saturated carbocycles. The molecule has 0 aliphatic heterocycles. The number of carbonyl (C=O) groups excluding carboxylic acids is 3. The lowest BCUT2D eigenvalue weighted by Crippen LogP contribution is -2.57. The molecule has 0 fully saturated rings. The molecule has 1 heterocycles. The summed E-state index contributed by atoms with van der Waals surface area (Å²) in [5.41, 5.74) is 7.15. The maximum atomic E-state index is 13.2. The number of benzene rings is 1. The van der Waals surface area contributed by atoms with Crippen molar-refractivity contribution < 1.29 is 29.4 Å². The number of carboxylic acid groups (broad SMARTS) is 1. The number of amides is 3. The highest BCUT2D eigenvalue weighted by molar-refractivity contribution is 7.98. The summed E-state index contributed by atoms with van der Waals surface area (Å²) in [4.78, 5) is 56.1. The average Bonchev–Trinajstić information content (AvgIpc) is 3.34. The molecule has 1 aromatic heterocycles. The third-order valence-corrected chi connectivity index (χ3v) is 5.65. The first-order valence-corrected chi connectivity index (χ1v) is 12.2. The minimum atomic E-state index is -1.23. The molecule has 0 aliphatic carbocycles. The number of nitrogens with one attached hydrogen (secondary N) is 4. The fourth-order valence-electron chi connectivity index (χ4n) is 3.12. The first kappa shape index (κ1) is 27.7. The lowest BCUT2D eigenvalue weighted by molar-refractivity contribution is -0.138. The fourth-order valence-corrected chi connectivity index (χ4v) is 3.61. The van der Waals surface area contributed by atoms with Crippen molar-refractivity contribution in [2.45, 2.75) is 37.4 Å². The number of carboxylic acids is 1. The number of rotatable bonds is 14. The van der Waals surface area contributed by atoms with E-state index in [9.17, 15) is 24.3 Å². The molecule has 190 valence electrons. The van der Waals surface area contributed by atoms with Gasteiger partial charge in [-0.25, -0.2) is 4.98 Å². The number of aliphatic carboxylic acids is 1. The molecule has 3 amide bonds. The molecule has 3 unspecified atom stereocenters. The van der Waals surface area contributed by atoms with Crippen molar-refractivity contribution in [3.05, 3.63) is 48.0 Å². The molecule has 2 aromatic rings. The second-order valence-corrected chi connectivity index (χ2v) is 8.76. The number of imidazole rings is 1. The topological polar surface area (TPSA) is 200 Å². The molecule has 0 aliphatic rings. The predicted molar refractivity (Wildman–Crippen MR) is 130 cm³/mol. The largest absolute Gasteiger partial charge is 0.508 e. The number of phenols is 1. The number of carbonyl (C=O) groups is 4. The van der Waals surface area contributed by atoms with Crippen LogP contribution in [0.15, 0.2) is 36.8 Å². The number of aromatic amines is 1. The lowest BCUT2D eigenvalue weighted by Gasteiger charge is -2.24. The van der Waals surface area contributed by atoms with Crippen LogP contribution in [0.5, 0.6) is 5.75 Å². The quantitative estimate of drug-likeness (QED) is 0.170. The summed E-state index contributed by atoms with van der Waals surface area (Å²) >= 11 is 1.54. The van der Waals surface area contributed by atoms with Crippen LogP contribution in [0.2, 0.25) is 0 Å². The van der Waals surface area contributed by atoms with Gasteiger partial charge in [-0.1, -0.05) is 12.1 Å². The fraction of sp³-hybridized carbons (Fsp3) is 0.409. The van der Waals surface area contributed by atoms with Crippen LogP contribution in [0, 0.1) is 0 Å². The van der Waals surface area contributed by atoms with E-state index in [1.54, 1.807) is 12.1 Å². The highest BCUT2D eigenvalue weighted by Gasteiger charge is 2.29. The van der Waals surface area contributed by atoms with Gasteiger partial charge in [0.05, 0.1) is 12.4 Å². The van der Waals surface area contributed by atoms with Gasteiger partial charge >= 0.3 is 5.97 Å². The number of hydrogen-bond donors (Lipinski definition) is 7. The van der Waals surface area contributed by atoms with Gasteiger partial charge in [0.25, 0.3) is 0 Å². The third-order valence-electron chi connectivity index (χ3n) is 5.00. The minimum absolute atomic E-state index is 0.0182. The van der Waals surface area contributed by atoms with Crippen LogP contribution in [0.1, 0.15) is 17.7 Å². The van der Waals surface area contributed by atoms with Crippen molar-refractivity contribution in [2.75, 3.05) is 18.6 Å². The molecular formula is C22H30N6O6S. The summed E-state index contributed by atoms with van der Waals surface area (Å²) in [6.07, 6.45) is 5.28. The summed E-state index contributed by atoms with van der Waals surface area (Å²) in [6, 6.07) is 3.09. The minimum Gasteiger partial charge on any atom is -0.508 e. The molecule has 0 bridgehead atoms. The predicted octanol–water partition coefficient (Wildman–Crippen LogP) is -0.849. The molecular weight excluding hydrogens is 476 g/mol. The molecule has 0 radical (unpaired) electrons. The van der Waals surface area contributed by atoms with E-state index in [1.165, 1.54) is 36.4 Å². The van der Waals surface area contributed by atoms with Gasteiger partial charge < -0.3 is 36.9 Å². The van der Waals surface area contributed by atoms with Gasteiger partial charge in [0, 0.05) is 24.7 Å². The molecule has 8 N–H and O–H groups in total. The van der Waals surface area contributed by atoms with Gasteiger partial charge in [-0.05, 0) is 36.1 Å². The van der Waals surface area contributed by atoms with Gasteiger partial charge in [0.15, 0.2) is 0 Å². The van der Waals surface area contributed by atoms with Crippen LogP contribution in [-0.2, 0) is 32.0 Å². The average molecular weight is 507 g/mol. The van der Waals surface area contributed by atoms with Gasteiger partial charge in [-0.15, -0.1) is 0 Å². The van der Waals surface area contributed by atoms with E-state index in [1.807, 2.05) is 6.26 Å². The molecule has 3 atom stereocenters. The Morgan fingerprint density at radius 1 is 1.06 bits per heavy atom. The van der Waals surface area contributed by atoms with Crippen LogP contribution >= 0.6 is 11.8 Å². The molecule has 35 heavy (non-hydrogen) atoms. The van der Waals surface area contributed by atoms with E-state index in [0.29, 0.717) is 23.4 Å². The number of aromatic nitrogens is 2. The zero-order valence-electron chi connectivity index (χ0n) is 19.2. The molecule has 12 nitrogen and oxygen atoms in total. The molecule has 2 rings (SSSR count). The summed E-state index contributed by atoms with van der Waals surface area (Å²) in [5, 5.41) is 25.9. The van der Waals surface area contributed by atoms with Crippen LogP contribution in [0.4, 0.5) is 0 Å². The second-order valence-electron chi connectivity index (χ2n) is 7.77. The zero-order valence-corrected chi connectivity index (χ0v) is 20.0. The van der Waals surface area contributed by atoms with Crippen molar-refractivity contribution in [2.24, 2.45) is 5.73 Å². The Labute approximate surface area is 206 Å². The Kier molecular flexibility index (Phi) is 11.0. The Hall–Kier alpha value is -3.58. The molecule has 1 aromatic carbocycles. The van der Waals surface area contributed by atoms with Crippen LogP contribution in [0.3, 0.4) is 0 Å². The lowest BCUT2D eigenvalue weighted by atomic mass is 10.0. The van der Waals surface area contributed by atoms with Crippen molar-refractivity contribution in [3.8, 4) is 5.75 Å². The Balaban J connectivity index is 2.20. The first-order valence-electron chi connectivity index (χ1n) is 10.8. The van der Waals surface area contributed by atoms with Crippen molar-refractivity contribution in [3.63, 3.8) is 0 Å². The van der Waals surface area contributed by atoms with E-state index in [0.717, 1.165) is 0 Å². The number of nitrogens with two attached hydrogens (primary N) is 1. The molecule has 0 saturated heterocycles. The number of thioether (sulfide) groups is 1. The first-order chi connectivity index (χ1) is 16.7. The number of hydrogen-bond acceptors (Lipinski definition) is 8. The monoisotopic (exact) mass is 506 g/mol. The number of aromatic hydroxyl groups is 1. The Morgan fingerprint density at radius 3 is 2.31 bits per heavy atom. The summed E-state index contributed by atoms with van der Waals surface area (Å²) in [7, 11) is 0. The van der Waals surface area contributed by atoms with E-state index in [4.69, 9.17) is 10.8 Å². The van der Waals surface area contributed by atoms with Crippen LogP contribution in [0.25, 0.3) is 0 Å². The highest BCUT2D eigenvalue weighted by Crippen LogP contribution is 2.12. The normalized spacial score (nSPS) is 13.3. The molecule has 13 heteroatoms. The summed E-state index contributed by atoms with van der Waals surface area (Å²) < 4.78 is 0. The second kappa shape index (κ2) is 14.0. The maximum Gasteiger partial charge on any atom is 0.322 e. The Bertz CT molecular complexity index is 985. The molecule has 0 spiro atoms. The summed E-state index contributed by atoms with van der Waals surface area (Å²) in [5.74, 6) is -2.40. The van der Waals surface area contributed by atoms with Gasteiger partial charge in [0.2, 0.25) is 17.7 Å². The van der Waals surface area contributed by atoms with E-state index in [2.05, 4.69) is 25.9 Å². The number of nitrogens with zero attached hydrogens (tertiary/aromatic N) is 1. The van der Waals surface area contributed by atoms with Crippen molar-refractivity contribution in [1.82, 2.24) is 25.9 Å². The number of phenolic OH excluding ortho intramolecular Hbond substituents is 1. The summed E-state index contributed by atoms with van der Waals surface area (Å²) in [6.45, 7) is -0.619.